The fourth-order valence-electron chi connectivity index (χ4n) is 1.43. The van der Waals surface area contributed by atoms with Gasteiger partial charge in [0.2, 0.25) is 5.91 Å². The van der Waals surface area contributed by atoms with Crippen LogP contribution < -0.4 is 16.4 Å². The molecule has 0 aliphatic rings. The van der Waals surface area contributed by atoms with Crippen molar-refractivity contribution < 1.29 is 9.59 Å². The number of para-hydroxylation sites is 1. The van der Waals surface area contributed by atoms with Crippen molar-refractivity contribution in [3.8, 4) is 0 Å². The summed E-state index contributed by atoms with van der Waals surface area (Å²) in [5.41, 5.74) is 6.42. The molecule has 4 N–H and O–H groups in total. The highest BCUT2D eigenvalue weighted by molar-refractivity contribution is 6.04. The van der Waals surface area contributed by atoms with E-state index in [0.717, 1.165) is 0 Å². The van der Waals surface area contributed by atoms with Crippen molar-refractivity contribution in [2.75, 3.05) is 11.9 Å². The number of halogens is 1. The number of hydrogen-bond acceptors (Lipinski definition) is 3. The Bertz CT molecular complexity index is 461. The van der Waals surface area contributed by atoms with Crippen LogP contribution in [0.1, 0.15) is 31.1 Å². The van der Waals surface area contributed by atoms with Crippen molar-refractivity contribution in [3.05, 3.63) is 29.8 Å². The lowest BCUT2D eigenvalue weighted by molar-refractivity contribution is -0.117. The van der Waals surface area contributed by atoms with E-state index in [2.05, 4.69) is 10.6 Å². The summed E-state index contributed by atoms with van der Waals surface area (Å²) < 4.78 is 0. The predicted octanol–water partition coefficient (Wildman–Crippen LogP) is 1.78. The molecule has 20 heavy (non-hydrogen) atoms. The molecule has 2 amide bonds. The van der Waals surface area contributed by atoms with E-state index in [1.807, 2.05) is 13.8 Å². The maximum absolute atomic E-state index is 12.0. The molecule has 0 unspecified atom stereocenters. The van der Waals surface area contributed by atoms with Crippen molar-refractivity contribution in [1.82, 2.24) is 5.32 Å². The molecule has 0 heterocycles. The zero-order valence-corrected chi connectivity index (χ0v) is 12.8. The summed E-state index contributed by atoms with van der Waals surface area (Å²) in [6.45, 7) is 6.22. The molecule has 0 saturated heterocycles. The molecule has 0 bridgehead atoms. The summed E-state index contributed by atoms with van der Waals surface area (Å²) in [5, 5.41) is 5.47. The topological polar surface area (TPSA) is 84.2 Å². The molecule has 5 nitrogen and oxygen atoms in total. The van der Waals surface area contributed by atoms with Crippen molar-refractivity contribution in [3.63, 3.8) is 0 Å². The molecule has 0 aliphatic heterocycles. The molecule has 0 saturated carbocycles. The van der Waals surface area contributed by atoms with Crippen molar-refractivity contribution in [1.29, 1.82) is 0 Å². The SMILES string of the molecule is CC(C)CNC(=O)c1ccccc1NC(=O)[C@H](C)N.Cl. The van der Waals surface area contributed by atoms with E-state index in [-0.39, 0.29) is 24.2 Å². The van der Waals surface area contributed by atoms with Crippen LogP contribution >= 0.6 is 12.4 Å². The van der Waals surface area contributed by atoms with E-state index in [0.29, 0.717) is 23.7 Å². The number of anilines is 1. The molecule has 1 atom stereocenters. The largest absolute Gasteiger partial charge is 0.352 e. The maximum Gasteiger partial charge on any atom is 0.253 e. The van der Waals surface area contributed by atoms with Crippen LogP contribution in [0.5, 0.6) is 0 Å². The number of carbonyl (C=O) groups is 2. The van der Waals surface area contributed by atoms with Gasteiger partial charge in [-0.05, 0) is 25.0 Å². The Morgan fingerprint density at radius 1 is 1.20 bits per heavy atom. The lowest BCUT2D eigenvalue weighted by Gasteiger charge is -2.13. The van der Waals surface area contributed by atoms with Gasteiger partial charge in [-0.3, -0.25) is 9.59 Å². The molecule has 0 radical (unpaired) electrons. The molecule has 0 spiro atoms. The van der Waals surface area contributed by atoms with Crippen molar-refractivity contribution >= 4 is 29.9 Å². The molecule has 1 aromatic carbocycles. The normalized spacial score (nSPS) is 11.4. The predicted molar refractivity (Wildman–Crippen MR) is 83.1 cm³/mol. The highest BCUT2D eigenvalue weighted by Gasteiger charge is 2.14. The Kier molecular flexibility index (Phi) is 7.87. The van der Waals surface area contributed by atoms with Gasteiger partial charge < -0.3 is 16.4 Å². The van der Waals surface area contributed by atoms with Crippen LogP contribution in [-0.4, -0.2) is 24.4 Å². The smallest absolute Gasteiger partial charge is 0.253 e. The fourth-order valence-corrected chi connectivity index (χ4v) is 1.43. The van der Waals surface area contributed by atoms with Crippen molar-refractivity contribution in [2.45, 2.75) is 26.8 Å². The highest BCUT2D eigenvalue weighted by atomic mass is 35.5. The second-order valence-corrected chi connectivity index (χ2v) is 4.93. The number of carbonyl (C=O) groups excluding carboxylic acids is 2. The Morgan fingerprint density at radius 3 is 2.35 bits per heavy atom. The monoisotopic (exact) mass is 299 g/mol. The summed E-state index contributed by atoms with van der Waals surface area (Å²) >= 11 is 0. The van der Waals surface area contributed by atoms with Gasteiger partial charge in [-0.15, -0.1) is 12.4 Å². The zero-order chi connectivity index (χ0) is 14.4. The van der Waals surface area contributed by atoms with Gasteiger partial charge in [-0.1, -0.05) is 26.0 Å². The molecular formula is C14H22ClN3O2. The van der Waals surface area contributed by atoms with E-state index in [4.69, 9.17) is 5.73 Å². The first-order chi connectivity index (χ1) is 8.91. The lowest BCUT2D eigenvalue weighted by Crippen LogP contribution is -2.34. The first kappa shape index (κ1) is 18.4. The Labute approximate surface area is 125 Å². The van der Waals surface area contributed by atoms with Crippen LogP contribution in [-0.2, 0) is 4.79 Å². The summed E-state index contributed by atoms with van der Waals surface area (Å²) in [5.74, 6) is -0.145. The Morgan fingerprint density at radius 2 is 1.80 bits per heavy atom. The van der Waals surface area contributed by atoms with E-state index < -0.39 is 6.04 Å². The van der Waals surface area contributed by atoms with Gasteiger partial charge in [0.05, 0.1) is 17.3 Å². The standard InChI is InChI=1S/C14H21N3O2.ClH/c1-9(2)8-16-14(19)11-6-4-5-7-12(11)17-13(18)10(3)15;/h4-7,9-10H,8,15H2,1-3H3,(H,16,19)(H,17,18);1H/t10-;/m0./s1. The van der Waals surface area contributed by atoms with Crippen LogP contribution in [0, 0.1) is 5.92 Å². The number of nitrogens with one attached hydrogen (secondary N) is 2. The second-order valence-electron chi connectivity index (χ2n) is 4.93. The van der Waals surface area contributed by atoms with Gasteiger partial charge in [0, 0.05) is 6.54 Å². The average Bonchev–Trinajstić information content (AvgIpc) is 2.36. The summed E-state index contributed by atoms with van der Waals surface area (Å²) in [4.78, 5) is 23.6. The fraction of sp³-hybridized carbons (Fsp3) is 0.429. The van der Waals surface area contributed by atoms with Crippen molar-refractivity contribution in [2.24, 2.45) is 11.7 Å². The molecule has 0 fully saturated rings. The minimum atomic E-state index is -0.619. The van der Waals surface area contributed by atoms with E-state index in [1.54, 1.807) is 31.2 Å². The third kappa shape index (κ3) is 5.59. The molecule has 0 aromatic heterocycles. The maximum atomic E-state index is 12.0. The number of amides is 2. The average molecular weight is 300 g/mol. The molecule has 1 rings (SSSR count). The van der Waals surface area contributed by atoms with Gasteiger partial charge in [-0.2, -0.15) is 0 Å². The first-order valence-corrected chi connectivity index (χ1v) is 6.35. The van der Waals surface area contributed by atoms with Crippen LogP contribution in [0.3, 0.4) is 0 Å². The molecule has 0 aliphatic carbocycles. The zero-order valence-electron chi connectivity index (χ0n) is 12.0. The third-order valence-electron chi connectivity index (χ3n) is 2.51. The molecule has 6 heteroatoms. The minimum Gasteiger partial charge on any atom is -0.352 e. The highest BCUT2D eigenvalue weighted by Crippen LogP contribution is 2.15. The molecular weight excluding hydrogens is 278 g/mol. The minimum absolute atomic E-state index is 0. The number of benzene rings is 1. The lowest BCUT2D eigenvalue weighted by atomic mass is 10.1. The van der Waals surface area contributed by atoms with E-state index in [9.17, 15) is 9.59 Å². The first-order valence-electron chi connectivity index (χ1n) is 6.35. The Balaban J connectivity index is 0.00000361. The number of hydrogen-bond donors (Lipinski definition) is 3. The Hall–Kier alpha value is -1.59. The third-order valence-corrected chi connectivity index (χ3v) is 2.51. The van der Waals surface area contributed by atoms with Gasteiger partial charge in [0.25, 0.3) is 5.91 Å². The van der Waals surface area contributed by atoms with Crippen LogP contribution in [0.4, 0.5) is 5.69 Å². The molecule has 1 aromatic rings. The van der Waals surface area contributed by atoms with Crippen LogP contribution in [0.25, 0.3) is 0 Å². The van der Waals surface area contributed by atoms with Crippen LogP contribution in [0.15, 0.2) is 24.3 Å². The summed E-state index contributed by atoms with van der Waals surface area (Å²) in [6.07, 6.45) is 0. The van der Waals surface area contributed by atoms with Gasteiger partial charge in [0.15, 0.2) is 0 Å². The second kappa shape index (κ2) is 8.55. The van der Waals surface area contributed by atoms with E-state index >= 15 is 0 Å². The number of rotatable bonds is 5. The summed E-state index contributed by atoms with van der Waals surface area (Å²) in [6, 6.07) is 6.26. The van der Waals surface area contributed by atoms with Gasteiger partial charge >= 0.3 is 0 Å². The van der Waals surface area contributed by atoms with Gasteiger partial charge in [0.1, 0.15) is 0 Å². The number of nitrogens with two attached hydrogens (primary N) is 1. The quantitative estimate of drug-likeness (QED) is 0.775. The summed E-state index contributed by atoms with van der Waals surface area (Å²) in [7, 11) is 0. The van der Waals surface area contributed by atoms with E-state index in [1.165, 1.54) is 0 Å². The van der Waals surface area contributed by atoms with Crippen LogP contribution in [0.2, 0.25) is 0 Å². The van der Waals surface area contributed by atoms with Gasteiger partial charge in [-0.25, -0.2) is 0 Å². The molecule has 112 valence electrons.